The Balaban J connectivity index is 1.93. The minimum atomic E-state index is -0.862. The van der Waals surface area contributed by atoms with E-state index in [1.54, 1.807) is 6.92 Å². The fourth-order valence-electron chi connectivity index (χ4n) is 2.52. The van der Waals surface area contributed by atoms with Crippen molar-refractivity contribution in [1.29, 1.82) is 0 Å². The molecule has 0 aromatic heterocycles. The molecule has 1 saturated heterocycles. The molecule has 0 aromatic carbocycles. The summed E-state index contributed by atoms with van der Waals surface area (Å²) >= 11 is 0. The molecule has 0 aliphatic carbocycles. The number of piperidine rings is 1. The zero-order valence-corrected chi connectivity index (χ0v) is 11.0. The van der Waals surface area contributed by atoms with Crippen molar-refractivity contribution in [3.05, 3.63) is 11.3 Å². The van der Waals surface area contributed by atoms with Gasteiger partial charge in [0.2, 0.25) is 6.41 Å². The van der Waals surface area contributed by atoms with Gasteiger partial charge in [-0.05, 0) is 32.2 Å². The zero-order valence-electron chi connectivity index (χ0n) is 11.0. The number of carbonyl (C=O) groups is 2. The van der Waals surface area contributed by atoms with E-state index in [1.165, 1.54) is 4.90 Å². The Bertz CT molecular complexity index is 397. The van der Waals surface area contributed by atoms with Crippen molar-refractivity contribution < 1.29 is 18.7 Å². The first-order chi connectivity index (χ1) is 9.13. The Kier molecular flexibility index (Phi) is 4.52. The summed E-state index contributed by atoms with van der Waals surface area (Å²) in [7, 11) is 0. The van der Waals surface area contributed by atoms with Gasteiger partial charge in [-0.25, -0.2) is 9.18 Å². The largest absolute Gasteiger partial charge is 0.456 e. The lowest BCUT2D eigenvalue weighted by atomic mass is 9.92. The third-order valence-electron chi connectivity index (χ3n) is 3.84. The molecule has 0 spiro atoms. The van der Waals surface area contributed by atoms with Gasteiger partial charge in [-0.2, -0.15) is 0 Å². The second kappa shape index (κ2) is 6.14. The SMILES string of the molecule is CC1=C(N(C=O)CCC2CCNC[C@@H]2F)COC1=O. The molecule has 2 aliphatic rings. The van der Waals surface area contributed by atoms with Crippen molar-refractivity contribution in [1.82, 2.24) is 10.2 Å². The molecule has 0 saturated carbocycles. The molecule has 106 valence electrons. The first kappa shape index (κ1) is 14.0. The molecular weight excluding hydrogens is 251 g/mol. The number of cyclic esters (lactones) is 1. The summed E-state index contributed by atoms with van der Waals surface area (Å²) in [5, 5.41) is 3.00. The minimum Gasteiger partial charge on any atom is -0.456 e. The summed E-state index contributed by atoms with van der Waals surface area (Å²) in [6.07, 6.45) is 1.21. The Morgan fingerprint density at radius 1 is 1.58 bits per heavy atom. The molecule has 0 radical (unpaired) electrons. The van der Waals surface area contributed by atoms with E-state index < -0.39 is 6.17 Å². The van der Waals surface area contributed by atoms with Crippen LogP contribution in [0.4, 0.5) is 4.39 Å². The van der Waals surface area contributed by atoms with Gasteiger partial charge < -0.3 is 15.0 Å². The molecule has 1 unspecified atom stereocenters. The normalized spacial score (nSPS) is 27.4. The Labute approximate surface area is 111 Å². The van der Waals surface area contributed by atoms with Crippen LogP contribution in [0.2, 0.25) is 0 Å². The number of carbonyl (C=O) groups excluding carboxylic acids is 2. The molecule has 5 nitrogen and oxygen atoms in total. The second-order valence-electron chi connectivity index (χ2n) is 5.00. The van der Waals surface area contributed by atoms with Gasteiger partial charge in [-0.3, -0.25) is 4.79 Å². The highest BCUT2D eigenvalue weighted by molar-refractivity contribution is 5.91. The van der Waals surface area contributed by atoms with Crippen molar-refractivity contribution in [3.63, 3.8) is 0 Å². The Morgan fingerprint density at radius 2 is 2.37 bits per heavy atom. The smallest absolute Gasteiger partial charge is 0.336 e. The average molecular weight is 270 g/mol. The number of halogens is 1. The molecule has 0 aromatic rings. The van der Waals surface area contributed by atoms with E-state index in [0.717, 1.165) is 13.0 Å². The number of alkyl halides is 1. The predicted octanol–water partition coefficient (Wildman–Crippen LogP) is 0.613. The second-order valence-corrected chi connectivity index (χ2v) is 5.00. The fourth-order valence-corrected chi connectivity index (χ4v) is 2.52. The van der Waals surface area contributed by atoms with E-state index in [-0.39, 0.29) is 18.5 Å². The Hall–Kier alpha value is -1.43. The zero-order chi connectivity index (χ0) is 13.8. The third kappa shape index (κ3) is 3.12. The van der Waals surface area contributed by atoms with E-state index in [4.69, 9.17) is 4.74 Å². The molecule has 2 aliphatic heterocycles. The minimum absolute atomic E-state index is 0.0253. The van der Waals surface area contributed by atoms with E-state index in [2.05, 4.69) is 5.32 Å². The van der Waals surface area contributed by atoms with Crippen molar-refractivity contribution in [2.75, 3.05) is 26.2 Å². The van der Waals surface area contributed by atoms with Crippen LogP contribution in [0.1, 0.15) is 19.8 Å². The topological polar surface area (TPSA) is 58.6 Å². The number of esters is 1. The van der Waals surface area contributed by atoms with Gasteiger partial charge in [0.15, 0.2) is 0 Å². The number of rotatable bonds is 5. The van der Waals surface area contributed by atoms with Crippen molar-refractivity contribution in [3.8, 4) is 0 Å². The first-order valence-electron chi connectivity index (χ1n) is 6.57. The van der Waals surface area contributed by atoms with Crippen LogP contribution >= 0.6 is 0 Å². The molecule has 1 amide bonds. The lowest BCUT2D eigenvalue weighted by Gasteiger charge is -2.28. The third-order valence-corrected chi connectivity index (χ3v) is 3.84. The van der Waals surface area contributed by atoms with Crippen LogP contribution in [0, 0.1) is 5.92 Å². The van der Waals surface area contributed by atoms with Crippen LogP contribution in [-0.2, 0) is 14.3 Å². The number of nitrogens with one attached hydrogen (secondary N) is 1. The van der Waals surface area contributed by atoms with Gasteiger partial charge in [0, 0.05) is 13.1 Å². The maximum atomic E-state index is 13.7. The quantitative estimate of drug-likeness (QED) is 0.587. The lowest BCUT2D eigenvalue weighted by molar-refractivity contribution is -0.136. The number of hydrogen-bond acceptors (Lipinski definition) is 4. The van der Waals surface area contributed by atoms with Gasteiger partial charge in [0.25, 0.3) is 0 Å². The van der Waals surface area contributed by atoms with Crippen LogP contribution < -0.4 is 5.32 Å². The van der Waals surface area contributed by atoms with Crippen LogP contribution in [0.5, 0.6) is 0 Å². The summed E-state index contributed by atoms with van der Waals surface area (Å²) in [6, 6.07) is 0. The van der Waals surface area contributed by atoms with Gasteiger partial charge in [0.05, 0.1) is 11.3 Å². The maximum Gasteiger partial charge on any atom is 0.336 e. The van der Waals surface area contributed by atoms with E-state index in [1.807, 2.05) is 0 Å². The summed E-state index contributed by atoms with van der Waals surface area (Å²) in [5.74, 6) is -0.408. The predicted molar refractivity (Wildman–Crippen MR) is 66.9 cm³/mol. The van der Waals surface area contributed by atoms with Crippen LogP contribution in [0.25, 0.3) is 0 Å². The molecule has 1 N–H and O–H groups in total. The first-order valence-corrected chi connectivity index (χ1v) is 6.57. The lowest BCUT2D eigenvalue weighted by Crippen LogP contribution is -2.39. The number of hydrogen-bond donors (Lipinski definition) is 1. The average Bonchev–Trinajstić information content (AvgIpc) is 2.74. The van der Waals surface area contributed by atoms with Gasteiger partial charge in [-0.15, -0.1) is 0 Å². The van der Waals surface area contributed by atoms with E-state index >= 15 is 0 Å². The van der Waals surface area contributed by atoms with E-state index in [9.17, 15) is 14.0 Å². The standard InChI is InChI=1S/C13H19FN2O3/c1-9-12(7-19-13(9)18)16(8-17)5-3-10-2-4-15-6-11(10)14/h8,10-11,15H,2-7H2,1H3/t10?,11-/m0/s1. The molecule has 1 fully saturated rings. The van der Waals surface area contributed by atoms with Crippen molar-refractivity contribution >= 4 is 12.4 Å². The molecule has 2 atom stereocenters. The highest BCUT2D eigenvalue weighted by Gasteiger charge is 2.28. The van der Waals surface area contributed by atoms with Gasteiger partial charge in [0.1, 0.15) is 12.8 Å². The molecule has 2 heterocycles. The van der Waals surface area contributed by atoms with Crippen LogP contribution in [-0.4, -0.2) is 49.7 Å². The van der Waals surface area contributed by atoms with Gasteiger partial charge >= 0.3 is 5.97 Å². The van der Waals surface area contributed by atoms with Crippen LogP contribution in [0.15, 0.2) is 11.3 Å². The summed E-state index contributed by atoms with van der Waals surface area (Å²) in [6.45, 7) is 3.40. The molecule has 2 rings (SSSR count). The van der Waals surface area contributed by atoms with E-state index in [0.29, 0.717) is 37.2 Å². The molecule has 6 heteroatoms. The molecule has 19 heavy (non-hydrogen) atoms. The molecular formula is C13H19FN2O3. The summed E-state index contributed by atoms with van der Waals surface area (Å²) in [4.78, 5) is 23.9. The fraction of sp³-hybridized carbons (Fsp3) is 0.692. The highest BCUT2D eigenvalue weighted by atomic mass is 19.1. The summed E-state index contributed by atoms with van der Waals surface area (Å²) < 4.78 is 18.5. The van der Waals surface area contributed by atoms with Crippen LogP contribution in [0.3, 0.4) is 0 Å². The number of ether oxygens (including phenoxy) is 1. The molecule has 0 bridgehead atoms. The summed E-state index contributed by atoms with van der Waals surface area (Å²) in [5.41, 5.74) is 1.07. The monoisotopic (exact) mass is 270 g/mol. The number of nitrogens with zero attached hydrogens (tertiary/aromatic N) is 1. The van der Waals surface area contributed by atoms with Crippen molar-refractivity contribution in [2.45, 2.75) is 25.9 Å². The van der Waals surface area contributed by atoms with Crippen molar-refractivity contribution in [2.24, 2.45) is 5.92 Å². The highest BCUT2D eigenvalue weighted by Crippen LogP contribution is 2.23. The van der Waals surface area contributed by atoms with Gasteiger partial charge in [-0.1, -0.05) is 0 Å². The Morgan fingerprint density at radius 3 is 2.95 bits per heavy atom. The maximum absolute atomic E-state index is 13.7. The number of amides is 1.